The summed E-state index contributed by atoms with van der Waals surface area (Å²) in [6, 6.07) is 10.5. The molecule has 1 amide bonds. The van der Waals surface area contributed by atoms with Crippen molar-refractivity contribution in [2.75, 3.05) is 17.1 Å². The van der Waals surface area contributed by atoms with E-state index in [1.165, 1.54) is 13.0 Å². The van der Waals surface area contributed by atoms with Gasteiger partial charge in [0.1, 0.15) is 6.04 Å². The second kappa shape index (κ2) is 7.70. The molecule has 0 aromatic heterocycles. The van der Waals surface area contributed by atoms with Crippen LogP contribution in [-0.2, 0) is 34.0 Å². The maximum atomic E-state index is 13.1. The summed E-state index contributed by atoms with van der Waals surface area (Å²) in [5, 5.41) is 0. The molecule has 0 fully saturated rings. The fourth-order valence-corrected chi connectivity index (χ4v) is 4.73. The van der Waals surface area contributed by atoms with Crippen molar-refractivity contribution in [1.29, 1.82) is 0 Å². The van der Waals surface area contributed by atoms with E-state index in [2.05, 4.69) is 0 Å². The zero-order valence-corrected chi connectivity index (χ0v) is 16.8. The average molecular weight is 426 g/mol. The zero-order valence-electron chi connectivity index (χ0n) is 16.0. The van der Waals surface area contributed by atoms with Crippen molar-refractivity contribution in [2.45, 2.75) is 32.1 Å². The lowest BCUT2D eigenvalue weighted by Crippen LogP contribution is -2.50. The lowest BCUT2D eigenvalue weighted by molar-refractivity contribution is -0.137. The number of benzene rings is 2. The fraction of sp³-hybridized carbons (Fsp3) is 0.350. The van der Waals surface area contributed by atoms with Gasteiger partial charge in [-0.2, -0.15) is 13.2 Å². The normalized spacial score (nSPS) is 15.6. The Morgan fingerprint density at radius 1 is 1.10 bits per heavy atom. The molecule has 2 aromatic carbocycles. The maximum Gasteiger partial charge on any atom is 0.416 e. The monoisotopic (exact) mass is 426 g/mol. The van der Waals surface area contributed by atoms with Crippen LogP contribution in [0.2, 0.25) is 0 Å². The molecule has 1 unspecified atom stereocenters. The smallest absolute Gasteiger partial charge is 0.336 e. The van der Waals surface area contributed by atoms with Crippen LogP contribution in [0.25, 0.3) is 0 Å². The van der Waals surface area contributed by atoms with Crippen LogP contribution in [0.15, 0.2) is 48.5 Å². The third kappa shape index (κ3) is 4.55. The molecule has 1 atom stereocenters. The Bertz CT molecular complexity index is 1020. The van der Waals surface area contributed by atoms with E-state index in [1.54, 1.807) is 4.90 Å². The van der Waals surface area contributed by atoms with E-state index in [0.29, 0.717) is 19.5 Å². The van der Waals surface area contributed by atoms with Crippen LogP contribution in [0.3, 0.4) is 0 Å². The fourth-order valence-electron chi connectivity index (χ4n) is 3.57. The molecule has 0 aliphatic carbocycles. The van der Waals surface area contributed by atoms with Crippen LogP contribution >= 0.6 is 0 Å². The number of amides is 1. The number of sulfonamides is 1. The Labute approximate surface area is 167 Å². The van der Waals surface area contributed by atoms with Gasteiger partial charge in [0.15, 0.2) is 0 Å². The first-order valence-corrected chi connectivity index (χ1v) is 10.9. The summed E-state index contributed by atoms with van der Waals surface area (Å²) < 4.78 is 64.8. The summed E-state index contributed by atoms with van der Waals surface area (Å²) in [6.07, 6.45) is -3.11. The molecular formula is C20H21F3N2O3S. The summed E-state index contributed by atoms with van der Waals surface area (Å²) >= 11 is 0. The highest BCUT2D eigenvalue weighted by molar-refractivity contribution is 7.92. The zero-order chi connectivity index (χ0) is 21.4. The largest absolute Gasteiger partial charge is 0.416 e. The van der Waals surface area contributed by atoms with E-state index in [0.717, 1.165) is 39.9 Å². The third-order valence-corrected chi connectivity index (χ3v) is 6.18. The molecule has 1 heterocycles. The first kappa shape index (κ1) is 21.2. The van der Waals surface area contributed by atoms with Crippen molar-refractivity contribution in [2.24, 2.45) is 0 Å². The second-order valence-electron chi connectivity index (χ2n) is 7.06. The number of halogens is 3. The summed E-state index contributed by atoms with van der Waals surface area (Å²) in [7, 11) is -4.01. The van der Waals surface area contributed by atoms with Gasteiger partial charge < -0.3 is 4.90 Å². The molecule has 0 bridgehead atoms. The van der Waals surface area contributed by atoms with Crippen LogP contribution < -0.4 is 4.31 Å². The summed E-state index contributed by atoms with van der Waals surface area (Å²) in [5.41, 5.74) is 0.933. The molecule has 0 saturated heterocycles. The third-order valence-electron chi connectivity index (χ3n) is 4.94. The van der Waals surface area contributed by atoms with Gasteiger partial charge in [-0.1, -0.05) is 30.3 Å². The first-order valence-electron chi connectivity index (χ1n) is 9.00. The standard InChI is InChI=1S/C20H21F3N2O3S/c1-14(19(26)24-11-10-15-6-3-4-7-16(15)13-24)25(29(2,27)28)18-9-5-8-17(12-18)20(21,22)23/h3-9,12,14H,10-11,13H2,1-2H3. The van der Waals surface area contributed by atoms with E-state index < -0.39 is 33.7 Å². The SMILES string of the molecule is CC(C(=O)N1CCc2ccccc2C1)N(c1cccc(C(F)(F)F)c1)S(C)(=O)=O. The van der Waals surface area contributed by atoms with Gasteiger partial charge in [-0.3, -0.25) is 9.10 Å². The first-order chi connectivity index (χ1) is 13.5. The van der Waals surface area contributed by atoms with Crippen LogP contribution in [0.5, 0.6) is 0 Å². The Kier molecular flexibility index (Phi) is 5.62. The van der Waals surface area contributed by atoms with Crippen LogP contribution in [0.1, 0.15) is 23.6 Å². The van der Waals surface area contributed by atoms with Gasteiger partial charge in [0, 0.05) is 13.1 Å². The molecular weight excluding hydrogens is 405 g/mol. The molecule has 1 aliphatic rings. The van der Waals surface area contributed by atoms with E-state index in [-0.39, 0.29) is 5.69 Å². The number of alkyl halides is 3. The molecule has 29 heavy (non-hydrogen) atoms. The molecule has 3 rings (SSSR count). The summed E-state index contributed by atoms with van der Waals surface area (Å²) in [6.45, 7) is 2.14. The van der Waals surface area contributed by atoms with Crippen molar-refractivity contribution in [3.05, 3.63) is 65.2 Å². The lowest BCUT2D eigenvalue weighted by Gasteiger charge is -2.35. The second-order valence-corrected chi connectivity index (χ2v) is 8.92. The molecule has 156 valence electrons. The van der Waals surface area contributed by atoms with E-state index >= 15 is 0 Å². The average Bonchev–Trinajstić information content (AvgIpc) is 2.65. The van der Waals surface area contributed by atoms with Gasteiger partial charge in [-0.25, -0.2) is 8.42 Å². The number of anilines is 1. The Morgan fingerprint density at radius 2 is 1.76 bits per heavy atom. The highest BCUT2D eigenvalue weighted by Crippen LogP contribution is 2.33. The summed E-state index contributed by atoms with van der Waals surface area (Å²) in [4.78, 5) is 14.6. The Morgan fingerprint density at radius 3 is 2.38 bits per heavy atom. The van der Waals surface area contributed by atoms with E-state index in [1.807, 2.05) is 24.3 Å². The van der Waals surface area contributed by atoms with Gasteiger partial charge >= 0.3 is 6.18 Å². The number of rotatable bonds is 4. The molecule has 1 aliphatic heterocycles. The predicted octanol–water partition coefficient (Wildman–Crippen LogP) is 3.44. The molecule has 0 radical (unpaired) electrons. The molecule has 5 nitrogen and oxygen atoms in total. The predicted molar refractivity (Wildman–Crippen MR) is 104 cm³/mol. The van der Waals surface area contributed by atoms with Crippen LogP contribution in [-0.4, -0.2) is 38.1 Å². The topological polar surface area (TPSA) is 57.7 Å². The van der Waals surface area contributed by atoms with Gasteiger partial charge in [0.25, 0.3) is 0 Å². The Hall–Kier alpha value is -2.55. The quantitative estimate of drug-likeness (QED) is 0.753. The van der Waals surface area contributed by atoms with Gasteiger partial charge in [0.05, 0.1) is 17.5 Å². The maximum absolute atomic E-state index is 13.1. The number of hydrogen-bond donors (Lipinski definition) is 0. The molecule has 0 N–H and O–H groups in total. The van der Waals surface area contributed by atoms with Crippen molar-refractivity contribution >= 4 is 21.6 Å². The van der Waals surface area contributed by atoms with Crippen molar-refractivity contribution < 1.29 is 26.4 Å². The Balaban J connectivity index is 1.91. The highest BCUT2D eigenvalue weighted by atomic mass is 32.2. The minimum atomic E-state index is -4.62. The minimum Gasteiger partial charge on any atom is -0.336 e. The van der Waals surface area contributed by atoms with Gasteiger partial charge in [-0.05, 0) is 42.7 Å². The number of hydrogen-bond acceptors (Lipinski definition) is 3. The van der Waals surface area contributed by atoms with Gasteiger partial charge in [0.2, 0.25) is 15.9 Å². The summed E-state index contributed by atoms with van der Waals surface area (Å²) in [5.74, 6) is -0.456. The number of carbonyl (C=O) groups is 1. The van der Waals surface area contributed by atoms with Crippen LogP contribution in [0, 0.1) is 0 Å². The van der Waals surface area contributed by atoms with Crippen molar-refractivity contribution in [3.63, 3.8) is 0 Å². The van der Waals surface area contributed by atoms with Crippen molar-refractivity contribution in [1.82, 2.24) is 4.90 Å². The molecule has 0 saturated carbocycles. The van der Waals surface area contributed by atoms with Gasteiger partial charge in [-0.15, -0.1) is 0 Å². The molecule has 2 aromatic rings. The lowest BCUT2D eigenvalue weighted by atomic mass is 9.99. The van der Waals surface area contributed by atoms with Crippen LogP contribution in [0.4, 0.5) is 18.9 Å². The number of nitrogens with zero attached hydrogens (tertiary/aromatic N) is 2. The van der Waals surface area contributed by atoms with Crippen molar-refractivity contribution in [3.8, 4) is 0 Å². The molecule has 0 spiro atoms. The number of fused-ring (bicyclic) bond motifs is 1. The highest BCUT2D eigenvalue weighted by Gasteiger charge is 2.35. The van der Waals surface area contributed by atoms with E-state index in [4.69, 9.17) is 0 Å². The number of carbonyl (C=O) groups excluding carboxylic acids is 1. The minimum absolute atomic E-state index is 0.194. The molecule has 9 heteroatoms. The van der Waals surface area contributed by atoms with E-state index in [9.17, 15) is 26.4 Å².